The molecule has 156 valence electrons. The maximum Gasteiger partial charge on any atom is 0.326 e. The second kappa shape index (κ2) is 9.86. The molecule has 1 aromatic heterocycles. The lowest BCUT2D eigenvalue weighted by atomic mass is 10.1. The van der Waals surface area contributed by atoms with Gasteiger partial charge in [-0.15, -0.1) is 0 Å². The van der Waals surface area contributed by atoms with Gasteiger partial charge in [0.25, 0.3) is 11.8 Å². The van der Waals surface area contributed by atoms with Crippen molar-refractivity contribution in [3.05, 3.63) is 47.2 Å². The number of hydrogen-bond acceptors (Lipinski definition) is 5. The number of carbonyl (C=O) groups is 3. The fourth-order valence-corrected chi connectivity index (χ4v) is 2.59. The summed E-state index contributed by atoms with van der Waals surface area (Å²) in [5.41, 5.74) is 2.53. The van der Waals surface area contributed by atoms with Crippen molar-refractivity contribution in [2.45, 2.75) is 53.2 Å². The van der Waals surface area contributed by atoms with Crippen molar-refractivity contribution in [3.8, 4) is 0 Å². The predicted molar refractivity (Wildman–Crippen MR) is 110 cm³/mol. The number of benzene rings is 1. The van der Waals surface area contributed by atoms with E-state index in [1.54, 1.807) is 29.1 Å². The first-order valence-electron chi connectivity index (χ1n) is 9.62. The third kappa shape index (κ3) is 5.91. The van der Waals surface area contributed by atoms with Gasteiger partial charge in [0.2, 0.25) is 0 Å². The lowest BCUT2D eigenvalue weighted by Crippen LogP contribution is -2.36. The van der Waals surface area contributed by atoms with Crippen molar-refractivity contribution < 1.29 is 19.1 Å². The number of hydrogen-bond donors (Lipinski definition) is 2. The molecule has 2 aromatic rings. The summed E-state index contributed by atoms with van der Waals surface area (Å²) < 4.78 is 6.83. The number of nitrogens with zero attached hydrogens (tertiary/aromatic N) is 2. The summed E-state index contributed by atoms with van der Waals surface area (Å²) >= 11 is 0. The molecule has 29 heavy (non-hydrogen) atoms. The lowest BCUT2D eigenvalue weighted by molar-refractivity contribution is -0.152. The zero-order valence-corrected chi connectivity index (χ0v) is 17.5. The Balaban J connectivity index is 1.85. The van der Waals surface area contributed by atoms with Crippen LogP contribution in [0, 0.1) is 13.8 Å². The Morgan fingerprint density at radius 3 is 2.52 bits per heavy atom. The molecule has 0 bridgehead atoms. The topological polar surface area (TPSA) is 102 Å². The summed E-state index contributed by atoms with van der Waals surface area (Å²) in [6.45, 7) is 9.03. The number of anilines is 1. The number of aromatic nitrogens is 2. The van der Waals surface area contributed by atoms with E-state index in [4.69, 9.17) is 4.74 Å². The molecule has 2 N–H and O–H groups in total. The summed E-state index contributed by atoms with van der Waals surface area (Å²) in [4.78, 5) is 36.5. The van der Waals surface area contributed by atoms with Crippen LogP contribution in [-0.4, -0.2) is 40.2 Å². The molecule has 2 atom stereocenters. The van der Waals surface area contributed by atoms with E-state index in [0.717, 1.165) is 17.5 Å². The SMILES string of the molecule is CC[C@@H](C)n1nccc1NC(=O)[C@H](C)OC(=O)CNC(=O)c1ccc(C)c(C)c1. The fraction of sp³-hybridized carbons (Fsp3) is 0.429. The minimum Gasteiger partial charge on any atom is -0.451 e. The smallest absolute Gasteiger partial charge is 0.326 e. The van der Waals surface area contributed by atoms with Crippen LogP contribution in [0.2, 0.25) is 0 Å². The van der Waals surface area contributed by atoms with Gasteiger partial charge in [-0.2, -0.15) is 5.10 Å². The van der Waals surface area contributed by atoms with Gasteiger partial charge < -0.3 is 15.4 Å². The number of amides is 2. The molecule has 0 spiro atoms. The highest BCUT2D eigenvalue weighted by Gasteiger charge is 2.20. The van der Waals surface area contributed by atoms with Crippen molar-refractivity contribution in [1.29, 1.82) is 0 Å². The normalized spacial score (nSPS) is 12.7. The third-order valence-electron chi connectivity index (χ3n) is 4.77. The quantitative estimate of drug-likeness (QED) is 0.664. The first-order valence-corrected chi connectivity index (χ1v) is 9.62. The summed E-state index contributed by atoms with van der Waals surface area (Å²) in [5, 5.41) is 9.41. The van der Waals surface area contributed by atoms with Crippen LogP contribution >= 0.6 is 0 Å². The molecule has 8 nitrogen and oxygen atoms in total. The van der Waals surface area contributed by atoms with Gasteiger partial charge in [0.1, 0.15) is 12.4 Å². The van der Waals surface area contributed by atoms with Crippen molar-refractivity contribution in [3.63, 3.8) is 0 Å². The lowest BCUT2D eigenvalue weighted by Gasteiger charge is -2.17. The molecule has 8 heteroatoms. The molecule has 1 heterocycles. The van der Waals surface area contributed by atoms with E-state index in [9.17, 15) is 14.4 Å². The molecule has 0 saturated carbocycles. The molecule has 2 rings (SSSR count). The van der Waals surface area contributed by atoms with Gasteiger partial charge >= 0.3 is 5.97 Å². The van der Waals surface area contributed by atoms with Crippen LogP contribution in [0.25, 0.3) is 0 Å². The number of esters is 1. The van der Waals surface area contributed by atoms with Crippen LogP contribution in [0.3, 0.4) is 0 Å². The Labute approximate surface area is 170 Å². The summed E-state index contributed by atoms with van der Waals surface area (Å²) in [7, 11) is 0. The van der Waals surface area contributed by atoms with E-state index in [1.165, 1.54) is 6.92 Å². The van der Waals surface area contributed by atoms with E-state index in [2.05, 4.69) is 15.7 Å². The van der Waals surface area contributed by atoms with Crippen molar-refractivity contribution in [1.82, 2.24) is 15.1 Å². The zero-order valence-electron chi connectivity index (χ0n) is 17.5. The monoisotopic (exact) mass is 400 g/mol. The number of aryl methyl sites for hydroxylation is 2. The first kappa shape index (κ1) is 22.1. The van der Waals surface area contributed by atoms with Gasteiger partial charge in [0.15, 0.2) is 6.10 Å². The van der Waals surface area contributed by atoms with E-state index < -0.39 is 18.0 Å². The highest BCUT2D eigenvalue weighted by molar-refractivity contribution is 5.97. The Morgan fingerprint density at radius 1 is 1.14 bits per heavy atom. The molecular formula is C21H28N4O4. The van der Waals surface area contributed by atoms with E-state index in [1.807, 2.05) is 33.8 Å². The van der Waals surface area contributed by atoms with Crippen LogP contribution in [0.5, 0.6) is 0 Å². The van der Waals surface area contributed by atoms with Crippen LogP contribution in [0.4, 0.5) is 5.82 Å². The minimum absolute atomic E-state index is 0.124. The highest BCUT2D eigenvalue weighted by Crippen LogP contribution is 2.16. The van der Waals surface area contributed by atoms with E-state index >= 15 is 0 Å². The fourth-order valence-electron chi connectivity index (χ4n) is 2.59. The van der Waals surface area contributed by atoms with Gasteiger partial charge in [0, 0.05) is 11.6 Å². The molecule has 0 unspecified atom stereocenters. The largest absolute Gasteiger partial charge is 0.451 e. The van der Waals surface area contributed by atoms with Gasteiger partial charge in [-0.3, -0.25) is 14.4 Å². The maximum atomic E-state index is 12.3. The second-order valence-corrected chi connectivity index (χ2v) is 7.02. The summed E-state index contributed by atoms with van der Waals surface area (Å²) in [6.07, 6.45) is 1.44. The van der Waals surface area contributed by atoms with Crippen molar-refractivity contribution in [2.24, 2.45) is 0 Å². The highest BCUT2D eigenvalue weighted by atomic mass is 16.5. The number of rotatable bonds is 8. The van der Waals surface area contributed by atoms with Crippen LogP contribution < -0.4 is 10.6 Å². The van der Waals surface area contributed by atoms with Gasteiger partial charge in [0.05, 0.1) is 12.2 Å². The molecule has 0 aliphatic carbocycles. The van der Waals surface area contributed by atoms with Crippen LogP contribution in [0.1, 0.15) is 54.7 Å². The van der Waals surface area contributed by atoms with E-state index in [0.29, 0.717) is 11.4 Å². The molecular weight excluding hydrogens is 372 g/mol. The zero-order chi connectivity index (χ0) is 21.6. The van der Waals surface area contributed by atoms with Crippen molar-refractivity contribution >= 4 is 23.6 Å². The average Bonchev–Trinajstić information content (AvgIpc) is 3.15. The van der Waals surface area contributed by atoms with Gasteiger partial charge in [-0.25, -0.2) is 4.68 Å². The third-order valence-corrected chi connectivity index (χ3v) is 4.77. The van der Waals surface area contributed by atoms with Crippen molar-refractivity contribution in [2.75, 3.05) is 11.9 Å². The Morgan fingerprint density at radius 2 is 1.86 bits per heavy atom. The number of ether oxygens (including phenoxy) is 1. The minimum atomic E-state index is -1.01. The van der Waals surface area contributed by atoms with Crippen LogP contribution in [0.15, 0.2) is 30.5 Å². The second-order valence-electron chi connectivity index (χ2n) is 7.02. The number of carbonyl (C=O) groups excluding carboxylic acids is 3. The molecule has 2 amide bonds. The molecule has 0 saturated heterocycles. The standard InChI is InChI=1S/C21H28N4O4/c1-6-15(4)25-18(9-10-23-25)24-20(27)16(5)29-19(26)12-22-21(28)17-8-7-13(2)14(3)11-17/h7-11,15-16H,6,12H2,1-5H3,(H,22,28)(H,24,27)/t15-,16+/m1/s1. The molecule has 0 radical (unpaired) electrons. The predicted octanol–water partition coefficient (Wildman–Crippen LogP) is 2.77. The summed E-state index contributed by atoms with van der Waals surface area (Å²) in [6, 6.07) is 7.10. The number of nitrogens with one attached hydrogen (secondary N) is 2. The maximum absolute atomic E-state index is 12.3. The van der Waals surface area contributed by atoms with Gasteiger partial charge in [-0.05, 0) is 57.4 Å². The average molecular weight is 400 g/mol. The summed E-state index contributed by atoms with van der Waals surface area (Å²) in [5.74, 6) is -1.00. The Hall–Kier alpha value is -3.16. The molecule has 1 aromatic carbocycles. The Bertz CT molecular complexity index is 891. The molecule has 0 aliphatic rings. The first-order chi connectivity index (χ1) is 13.7. The Kier molecular flexibility index (Phi) is 7.52. The molecule has 0 aliphatic heterocycles. The van der Waals surface area contributed by atoms with Gasteiger partial charge in [-0.1, -0.05) is 13.0 Å². The van der Waals surface area contributed by atoms with Crippen LogP contribution in [-0.2, 0) is 14.3 Å². The molecule has 0 fully saturated rings. The van der Waals surface area contributed by atoms with E-state index in [-0.39, 0.29) is 18.5 Å².